The third kappa shape index (κ3) is 3.31. The molecule has 3 nitrogen and oxygen atoms in total. The molecule has 1 saturated heterocycles. The van der Waals surface area contributed by atoms with E-state index in [4.69, 9.17) is 9.47 Å². The Morgan fingerprint density at radius 2 is 2.00 bits per heavy atom. The molecule has 1 heterocycles. The first-order chi connectivity index (χ1) is 8.63. The predicted octanol–water partition coefficient (Wildman–Crippen LogP) is 2.20. The Bertz CT molecular complexity index is 377. The zero-order valence-corrected chi connectivity index (χ0v) is 11.6. The third-order valence-corrected chi connectivity index (χ3v) is 3.56. The number of hydrogen-bond donors (Lipinski definition) is 1. The lowest BCUT2D eigenvalue weighted by Crippen LogP contribution is -2.42. The van der Waals surface area contributed by atoms with Crippen LogP contribution in [0.4, 0.5) is 0 Å². The molecule has 0 aliphatic carbocycles. The van der Waals surface area contributed by atoms with Crippen LogP contribution < -0.4 is 5.32 Å². The van der Waals surface area contributed by atoms with Crippen LogP contribution >= 0.6 is 0 Å². The molecule has 100 valence electrons. The van der Waals surface area contributed by atoms with Crippen molar-refractivity contribution in [1.29, 1.82) is 0 Å². The summed E-state index contributed by atoms with van der Waals surface area (Å²) in [6.07, 6.45) is 0.976. The summed E-state index contributed by atoms with van der Waals surface area (Å²) in [4.78, 5) is 0. The minimum atomic E-state index is -0.126. The second-order valence-corrected chi connectivity index (χ2v) is 5.29. The van der Waals surface area contributed by atoms with Crippen LogP contribution in [0, 0.1) is 13.8 Å². The van der Waals surface area contributed by atoms with Crippen LogP contribution in [0.1, 0.15) is 23.1 Å². The van der Waals surface area contributed by atoms with Crippen LogP contribution in [0.15, 0.2) is 18.2 Å². The number of rotatable bonds is 5. The van der Waals surface area contributed by atoms with Gasteiger partial charge in [0.15, 0.2) is 0 Å². The van der Waals surface area contributed by atoms with E-state index in [1.165, 1.54) is 16.7 Å². The maximum absolute atomic E-state index is 5.60. The van der Waals surface area contributed by atoms with Gasteiger partial charge in [-0.3, -0.25) is 0 Å². The lowest BCUT2D eigenvalue weighted by Gasteiger charge is -2.26. The van der Waals surface area contributed by atoms with Crippen molar-refractivity contribution in [1.82, 2.24) is 5.32 Å². The molecular formula is C15H23NO2. The first kappa shape index (κ1) is 13.5. The topological polar surface area (TPSA) is 30.5 Å². The van der Waals surface area contributed by atoms with Gasteiger partial charge in [0.1, 0.15) is 5.60 Å². The highest BCUT2D eigenvalue weighted by Gasteiger charge is 2.34. The number of nitrogens with one attached hydrogen (secondary N) is 1. The number of aryl methyl sites for hydroxylation is 2. The van der Waals surface area contributed by atoms with Gasteiger partial charge in [-0.1, -0.05) is 29.3 Å². The highest BCUT2D eigenvalue weighted by Crippen LogP contribution is 2.21. The molecule has 0 amide bonds. The smallest absolute Gasteiger partial charge is 0.106 e. The molecule has 1 aliphatic rings. The minimum Gasteiger partial charge on any atom is -0.378 e. The van der Waals surface area contributed by atoms with Gasteiger partial charge in [0.25, 0.3) is 0 Å². The Morgan fingerprint density at radius 1 is 1.28 bits per heavy atom. The lowest BCUT2D eigenvalue weighted by molar-refractivity contribution is -0.0159. The summed E-state index contributed by atoms with van der Waals surface area (Å²) >= 11 is 0. The highest BCUT2D eigenvalue weighted by molar-refractivity contribution is 5.28. The lowest BCUT2D eigenvalue weighted by atomic mass is 10.0. The standard InChI is InChI=1S/C15H23NO2/c1-12-6-13(2)8-14(7-12)9-16-10-15(17-3)4-5-18-11-15/h6-8,16H,4-5,9-11H2,1-3H3. The summed E-state index contributed by atoms with van der Waals surface area (Å²) in [5.41, 5.74) is 3.84. The van der Waals surface area contributed by atoms with Crippen LogP contribution in [0.25, 0.3) is 0 Å². The molecule has 0 spiro atoms. The zero-order chi connectivity index (χ0) is 13.0. The predicted molar refractivity (Wildman–Crippen MR) is 72.8 cm³/mol. The summed E-state index contributed by atoms with van der Waals surface area (Å²) in [7, 11) is 1.77. The van der Waals surface area contributed by atoms with Crippen molar-refractivity contribution in [2.75, 3.05) is 26.9 Å². The van der Waals surface area contributed by atoms with Gasteiger partial charge in [0.2, 0.25) is 0 Å². The molecule has 1 aromatic carbocycles. The van der Waals surface area contributed by atoms with Crippen molar-refractivity contribution in [2.45, 2.75) is 32.4 Å². The fraction of sp³-hybridized carbons (Fsp3) is 0.600. The second kappa shape index (κ2) is 5.83. The van der Waals surface area contributed by atoms with E-state index in [-0.39, 0.29) is 5.60 Å². The van der Waals surface area contributed by atoms with Gasteiger partial charge in [-0.15, -0.1) is 0 Å². The third-order valence-electron chi connectivity index (χ3n) is 3.56. The first-order valence-corrected chi connectivity index (χ1v) is 6.54. The van der Waals surface area contributed by atoms with E-state index >= 15 is 0 Å². The largest absolute Gasteiger partial charge is 0.378 e. The summed E-state index contributed by atoms with van der Waals surface area (Å²) in [5.74, 6) is 0. The van der Waals surface area contributed by atoms with Gasteiger partial charge in [-0.25, -0.2) is 0 Å². The van der Waals surface area contributed by atoms with Crippen LogP contribution in [-0.2, 0) is 16.0 Å². The molecule has 2 rings (SSSR count). The molecule has 1 atom stereocenters. The normalized spacial score (nSPS) is 23.5. The fourth-order valence-electron chi connectivity index (χ4n) is 2.57. The Hall–Kier alpha value is -0.900. The summed E-state index contributed by atoms with van der Waals surface area (Å²) < 4.78 is 11.0. The molecule has 0 radical (unpaired) electrons. The zero-order valence-electron chi connectivity index (χ0n) is 11.6. The maximum atomic E-state index is 5.60. The van der Waals surface area contributed by atoms with Crippen molar-refractivity contribution >= 4 is 0 Å². The summed E-state index contributed by atoms with van der Waals surface area (Å²) in [5, 5.41) is 3.48. The van der Waals surface area contributed by atoms with Gasteiger partial charge in [0, 0.05) is 33.2 Å². The molecule has 1 N–H and O–H groups in total. The molecule has 1 unspecified atom stereocenters. The van der Waals surface area contributed by atoms with Gasteiger partial charge in [0.05, 0.1) is 6.61 Å². The van der Waals surface area contributed by atoms with Gasteiger partial charge in [-0.2, -0.15) is 0 Å². The first-order valence-electron chi connectivity index (χ1n) is 6.54. The molecule has 0 bridgehead atoms. The molecule has 1 aliphatic heterocycles. The van der Waals surface area contributed by atoms with Gasteiger partial charge >= 0.3 is 0 Å². The number of hydrogen-bond acceptors (Lipinski definition) is 3. The monoisotopic (exact) mass is 249 g/mol. The van der Waals surface area contributed by atoms with E-state index < -0.39 is 0 Å². The fourth-order valence-corrected chi connectivity index (χ4v) is 2.57. The van der Waals surface area contributed by atoms with Crippen molar-refractivity contribution in [3.8, 4) is 0 Å². The molecule has 0 saturated carbocycles. The molecule has 18 heavy (non-hydrogen) atoms. The Morgan fingerprint density at radius 3 is 2.56 bits per heavy atom. The average molecular weight is 249 g/mol. The van der Waals surface area contributed by atoms with E-state index in [9.17, 15) is 0 Å². The Labute approximate surface area is 109 Å². The van der Waals surface area contributed by atoms with E-state index in [0.717, 1.165) is 26.1 Å². The van der Waals surface area contributed by atoms with E-state index in [1.54, 1.807) is 7.11 Å². The van der Waals surface area contributed by atoms with Crippen molar-refractivity contribution < 1.29 is 9.47 Å². The quantitative estimate of drug-likeness (QED) is 0.868. The van der Waals surface area contributed by atoms with Gasteiger partial charge < -0.3 is 14.8 Å². The Kier molecular flexibility index (Phi) is 4.38. The number of methoxy groups -OCH3 is 1. The summed E-state index contributed by atoms with van der Waals surface area (Å²) in [6, 6.07) is 6.65. The van der Waals surface area contributed by atoms with E-state index in [0.29, 0.717) is 6.61 Å². The number of benzene rings is 1. The van der Waals surface area contributed by atoms with Crippen LogP contribution in [-0.4, -0.2) is 32.5 Å². The highest BCUT2D eigenvalue weighted by atomic mass is 16.5. The van der Waals surface area contributed by atoms with E-state index in [2.05, 4.69) is 37.4 Å². The van der Waals surface area contributed by atoms with Crippen molar-refractivity contribution in [3.63, 3.8) is 0 Å². The van der Waals surface area contributed by atoms with Crippen LogP contribution in [0.5, 0.6) is 0 Å². The average Bonchev–Trinajstić information content (AvgIpc) is 2.77. The van der Waals surface area contributed by atoms with Crippen LogP contribution in [0.2, 0.25) is 0 Å². The van der Waals surface area contributed by atoms with Crippen molar-refractivity contribution in [3.05, 3.63) is 34.9 Å². The molecular weight excluding hydrogens is 226 g/mol. The maximum Gasteiger partial charge on any atom is 0.106 e. The summed E-state index contributed by atoms with van der Waals surface area (Å²) in [6.45, 7) is 7.50. The minimum absolute atomic E-state index is 0.126. The molecule has 1 aromatic rings. The SMILES string of the molecule is COC1(CNCc2cc(C)cc(C)c2)CCOC1. The van der Waals surface area contributed by atoms with E-state index in [1.807, 2.05) is 0 Å². The number of ether oxygens (including phenoxy) is 2. The molecule has 0 aromatic heterocycles. The van der Waals surface area contributed by atoms with Crippen LogP contribution in [0.3, 0.4) is 0 Å². The second-order valence-electron chi connectivity index (χ2n) is 5.29. The van der Waals surface area contributed by atoms with Crippen molar-refractivity contribution in [2.24, 2.45) is 0 Å². The molecule has 1 fully saturated rings. The Balaban J connectivity index is 1.87. The van der Waals surface area contributed by atoms with Gasteiger partial charge in [-0.05, 0) is 19.4 Å². The molecule has 3 heteroatoms.